The fraction of sp³-hybridized carbons (Fsp3) is 0.400. The first kappa shape index (κ1) is 12.2. The molecular weight excluding hydrogens is 238 g/mol. The molecule has 2 aromatic rings. The zero-order valence-corrected chi connectivity index (χ0v) is 11.4. The standard InChI is InChI=1S/C15H19N3O/c1-18-9-8-17-15(18)10-13-11-4-3-5-14(19-2)12(11)6-7-16-13/h3-5,8-9,13,16H,6-7,10H2,1-2H3. The number of rotatable bonds is 3. The van der Waals surface area contributed by atoms with E-state index in [4.69, 9.17) is 4.74 Å². The van der Waals surface area contributed by atoms with Gasteiger partial charge in [-0.05, 0) is 24.6 Å². The lowest BCUT2D eigenvalue weighted by molar-refractivity contribution is 0.399. The second-order valence-electron chi connectivity index (χ2n) is 4.94. The van der Waals surface area contributed by atoms with Gasteiger partial charge in [0.2, 0.25) is 0 Å². The summed E-state index contributed by atoms with van der Waals surface area (Å²) < 4.78 is 7.55. The molecule has 1 aromatic carbocycles. The zero-order chi connectivity index (χ0) is 13.2. The van der Waals surface area contributed by atoms with Gasteiger partial charge in [0, 0.05) is 37.5 Å². The molecule has 0 spiro atoms. The average molecular weight is 257 g/mol. The number of imidazole rings is 1. The van der Waals surface area contributed by atoms with Crippen LogP contribution in [0.1, 0.15) is 23.0 Å². The number of nitrogens with one attached hydrogen (secondary N) is 1. The van der Waals surface area contributed by atoms with Gasteiger partial charge >= 0.3 is 0 Å². The second kappa shape index (κ2) is 5.05. The number of ether oxygens (including phenoxy) is 1. The molecule has 0 saturated carbocycles. The van der Waals surface area contributed by atoms with Crippen LogP contribution in [0.25, 0.3) is 0 Å². The summed E-state index contributed by atoms with van der Waals surface area (Å²) in [6, 6.07) is 6.62. The summed E-state index contributed by atoms with van der Waals surface area (Å²) in [6.45, 7) is 0.989. The molecule has 1 unspecified atom stereocenters. The molecule has 1 aliphatic heterocycles. The maximum atomic E-state index is 5.47. The average Bonchev–Trinajstić information content (AvgIpc) is 2.84. The summed E-state index contributed by atoms with van der Waals surface area (Å²) >= 11 is 0. The highest BCUT2D eigenvalue weighted by Gasteiger charge is 2.23. The molecule has 0 amide bonds. The number of aryl methyl sites for hydroxylation is 1. The topological polar surface area (TPSA) is 39.1 Å². The van der Waals surface area contributed by atoms with Crippen LogP contribution in [0.4, 0.5) is 0 Å². The van der Waals surface area contributed by atoms with Crippen molar-refractivity contribution in [3.63, 3.8) is 0 Å². The summed E-state index contributed by atoms with van der Waals surface area (Å²) in [6.07, 6.45) is 5.77. The van der Waals surface area contributed by atoms with Crippen LogP contribution in [0, 0.1) is 0 Å². The van der Waals surface area contributed by atoms with E-state index in [-0.39, 0.29) is 0 Å². The molecule has 4 nitrogen and oxygen atoms in total. The Kier molecular flexibility index (Phi) is 3.25. The normalized spacial score (nSPS) is 18.1. The van der Waals surface area contributed by atoms with Crippen LogP contribution in [-0.2, 0) is 19.9 Å². The van der Waals surface area contributed by atoms with E-state index < -0.39 is 0 Å². The smallest absolute Gasteiger partial charge is 0.122 e. The van der Waals surface area contributed by atoms with Crippen LogP contribution in [0.15, 0.2) is 30.6 Å². The van der Waals surface area contributed by atoms with E-state index in [1.807, 2.05) is 25.5 Å². The molecule has 0 aliphatic carbocycles. The summed E-state index contributed by atoms with van der Waals surface area (Å²) in [7, 11) is 3.78. The van der Waals surface area contributed by atoms with Crippen LogP contribution in [-0.4, -0.2) is 23.2 Å². The molecule has 1 atom stereocenters. The minimum Gasteiger partial charge on any atom is -0.496 e. The second-order valence-corrected chi connectivity index (χ2v) is 4.94. The molecule has 100 valence electrons. The number of methoxy groups -OCH3 is 1. The van der Waals surface area contributed by atoms with Gasteiger partial charge in [-0.1, -0.05) is 12.1 Å². The molecule has 3 rings (SSSR count). The van der Waals surface area contributed by atoms with E-state index in [2.05, 4.69) is 27.0 Å². The molecule has 1 N–H and O–H groups in total. The highest BCUT2D eigenvalue weighted by molar-refractivity contribution is 5.43. The van der Waals surface area contributed by atoms with E-state index in [0.717, 1.165) is 31.0 Å². The summed E-state index contributed by atoms with van der Waals surface area (Å²) in [5, 5.41) is 3.58. The van der Waals surface area contributed by atoms with E-state index >= 15 is 0 Å². The van der Waals surface area contributed by atoms with Gasteiger partial charge in [-0.15, -0.1) is 0 Å². The Balaban J connectivity index is 1.92. The zero-order valence-electron chi connectivity index (χ0n) is 11.4. The molecule has 19 heavy (non-hydrogen) atoms. The lowest BCUT2D eigenvalue weighted by Gasteiger charge is -2.28. The minimum absolute atomic E-state index is 0.319. The number of benzene rings is 1. The first-order chi connectivity index (χ1) is 9.29. The first-order valence-corrected chi connectivity index (χ1v) is 6.65. The molecule has 0 saturated heterocycles. The summed E-state index contributed by atoms with van der Waals surface area (Å²) in [5.74, 6) is 2.11. The molecular formula is C15H19N3O. The molecule has 1 aliphatic rings. The monoisotopic (exact) mass is 257 g/mol. The Hall–Kier alpha value is -1.81. The van der Waals surface area contributed by atoms with Gasteiger partial charge in [0.1, 0.15) is 11.6 Å². The fourth-order valence-corrected chi connectivity index (χ4v) is 2.81. The number of nitrogens with zero attached hydrogens (tertiary/aromatic N) is 2. The minimum atomic E-state index is 0.319. The third kappa shape index (κ3) is 2.24. The highest BCUT2D eigenvalue weighted by Crippen LogP contribution is 2.31. The summed E-state index contributed by atoms with van der Waals surface area (Å²) in [5.41, 5.74) is 2.68. The van der Waals surface area contributed by atoms with Gasteiger partial charge in [0.25, 0.3) is 0 Å². The number of fused-ring (bicyclic) bond motifs is 1. The van der Waals surface area contributed by atoms with Crippen molar-refractivity contribution in [1.29, 1.82) is 0 Å². The lowest BCUT2D eigenvalue weighted by atomic mass is 9.91. The van der Waals surface area contributed by atoms with Gasteiger partial charge in [-0.2, -0.15) is 0 Å². The Morgan fingerprint density at radius 3 is 3.11 bits per heavy atom. The highest BCUT2D eigenvalue weighted by atomic mass is 16.5. The van der Waals surface area contributed by atoms with E-state index in [1.54, 1.807) is 7.11 Å². The maximum Gasteiger partial charge on any atom is 0.122 e. The van der Waals surface area contributed by atoms with Crippen LogP contribution in [0.2, 0.25) is 0 Å². The first-order valence-electron chi connectivity index (χ1n) is 6.65. The van der Waals surface area contributed by atoms with Crippen molar-refractivity contribution in [3.8, 4) is 5.75 Å². The van der Waals surface area contributed by atoms with Crippen molar-refractivity contribution < 1.29 is 4.74 Å². The van der Waals surface area contributed by atoms with E-state index in [0.29, 0.717) is 6.04 Å². The third-order valence-electron chi connectivity index (χ3n) is 3.84. The van der Waals surface area contributed by atoms with E-state index in [9.17, 15) is 0 Å². The quantitative estimate of drug-likeness (QED) is 0.912. The molecule has 0 fully saturated rings. The number of hydrogen-bond donors (Lipinski definition) is 1. The molecule has 0 bridgehead atoms. The van der Waals surface area contributed by atoms with Crippen LogP contribution in [0.3, 0.4) is 0 Å². The van der Waals surface area contributed by atoms with Gasteiger partial charge in [-0.25, -0.2) is 4.98 Å². The van der Waals surface area contributed by atoms with Crippen molar-refractivity contribution in [1.82, 2.24) is 14.9 Å². The largest absolute Gasteiger partial charge is 0.496 e. The van der Waals surface area contributed by atoms with Crippen LogP contribution >= 0.6 is 0 Å². The van der Waals surface area contributed by atoms with Crippen LogP contribution < -0.4 is 10.1 Å². The van der Waals surface area contributed by atoms with Crippen LogP contribution in [0.5, 0.6) is 5.75 Å². The van der Waals surface area contributed by atoms with Gasteiger partial charge in [0.15, 0.2) is 0 Å². The molecule has 2 heterocycles. The third-order valence-corrected chi connectivity index (χ3v) is 3.84. The molecule has 4 heteroatoms. The van der Waals surface area contributed by atoms with E-state index in [1.165, 1.54) is 11.1 Å². The Bertz CT molecular complexity index is 577. The summed E-state index contributed by atoms with van der Waals surface area (Å²) in [4.78, 5) is 4.42. The fourth-order valence-electron chi connectivity index (χ4n) is 2.81. The van der Waals surface area contributed by atoms with Gasteiger partial charge in [-0.3, -0.25) is 0 Å². The lowest BCUT2D eigenvalue weighted by Crippen LogP contribution is -2.32. The number of hydrogen-bond acceptors (Lipinski definition) is 3. The van der Waals surface area contributed by atoms with Crippen molar-refractivity contribution in [2.75, 3.05) is 13.7 Å². The molecule has 0 radical (unpaired) electrons. The van der Waals surface area contributed by atoms with Crippen molar-refractivity contribution in [2.24, 2.45) is 7.05 Å². The predicted molar refractivity (Wildman–Crippen MR) is 74.4 cm³/mol. The number of aromatic nitrogens is 2. The Morgan fingerprint density at radius 2 is 2.37 bits per heavy atom. The van der Waals surface area contributed by atoms with Gasteiger partial charge in [0.05, 0.1) is 7.11 Å². The maximum absolute atomic E-state index is 5.47. The van der Waals surface area contributed by atoms with Crippen molar-refractivity contribution >= 4 is 0 Å². The predicted octanol–water partition coefficient (Wildman–Crippen LogP) is 1.86. The Morgan fingerprint density at radius 1 is 1.47 bits per heavy atom. The van der Waals surface area contributed by atoms with Gasteiger partial charge < -0.3 is 14.6 Å². The SMILES string of the molecule is COc1cccc2c1CCNC2Cc1nccn1C. The van der Waals surface area contributed by atoms with Crippen molar-refractivity contribution in [3.05, 3.63) is 47.5 Å². The molecule has 1 aromatic heterocycles. The van der Waals surface area contributed by atoms with Crippen molar-refractivity contribution in [2.45, 2.75) is 18.9 Å². The Labute approximate surface area is 113 Å².